The predicted molar refractivity (Wildman–Crippen MR) is 57.6 cm³/mol. The summed E-state index contributed by atoms with van der Waals surface area (Å²) in [6, 6.07) is 2.00. The molecule has 0 bridgehead atoms. The van der Waals surface area contributed by atoms with Gasteiger partial charge in [0.2, 0.25) is 0 Å². The zero-order chi connectivity index (χ0) is 14.0. The number of benzene rings is 1. The van der Waals surface area contributed by atoms with Crippen LogP contribution >= 0.6 is 0 Å². The van der Waals surface area contributed by atoms with Gasteiger partial charge in [0, 0.05) is 0 Å². The van der Waals surface area contributed by atoms with E-state index in [-0.39, 0.29) is 5.69 Å². The second-order valence-corrected chi connectivity index (χ2v) is 4.19. The second-order valence-electron chi connectivity index (χ2n) is 4.19. The van der Waals surface area contributed by atoms with Crippen molar-refractivity contribution >= 4 is 5.69 Å². The maximum Gasteiger partial charge on any atom is 0.416 e. The number of alkyl halides is 3. The average Bonchev–Trinajstić information content (AvgIpc) is 2.30. The Hall–Kier alpha value is -1.34. The van der Waals surface area contributed by atoms with Crippen molar-refractivity contribution in [2.45, 2.75) is 18.6 Å². The SMILES string of the molecule is CC(CO)(CO)Nc1ccc(C(F)(F)F)cc1F. The largest absolute Gasteiger partial charge is 0.416 e. The third kappa shape index (κ3) is 3.33. The molecular formula is C11H13F4NO2. The third-order valence-corrected chi connectivity index (χ3v) is 2.43. The zero-order valence-electron chi connectivity index (χ0n) is 9.55. The summed E-state index contributed by atoms with van der Waals surface area (Å²) in [7, 11) is 0. The summed E-state index contributed by atoms with van der Waals surface area (Å²) in [5.41, 5.74) is -2.52. The first-order valence-electron chi connectivity index (χ1n) is 5.08. The van der Waals surface area contributed by atoms with Crippen LogP contribution in [0.15, 0.2) is 18.2 Å². The number of rotatable bonds is 4. The molecule has 0 aliphatic heterocycles. The molecule has 3 N–H and O–H groups in total. The van der Waals surface area contributed by atoms with Crippen LogP contribution < -0.4 is 5.32 Å². The monoisotopic (exact) mass is 267 g/mol. The molecule has 0 amide bonds. The molecule has 1 aromatic rings. The van der Waals surface area contributed by atoms with Gasteiger partial charge in [-0.1, -0.05) is 0 Å². The van der Waals surface area contributed by atoms with Crippen LogP contribution in [0, 0.1) is 5.82 Å². The van der Waals surface area contributed by atoms with E-state index in [9.17, 15) is 17.6 Å². The van der Waals surface area contributed by atoms with E-state index in [1.807, 2.05) is 0 Å². The highest BCUT2D eigenvalue weighted by atomic mass is 19.4. The van der Waals surface area contributed by atoms with E-state index in [0.717, 1.165) is 12.1 Å². The van der Waals surface area contributed by atoms with Crippen LogP contribution in [0.4, 0.5) is 23.2 Å². The lowest BCUT2D eigenvalue weighted by molar-refractivity contribution is -0.137. The van der Waals surface area contributed by atoms with Crippen LogP contribution in [0.25, 0.3) is 0 Å². The van der Waals surface area contributed by atoms with Crippen LogP contribution in [0.1, 0.15) is 12.5 Å². The molecule has 0 radical (unpaired) electrons. The molecule has 0 unspecified atom stereocenters. The fourth-order valence-corrected chi connectivity index (χ4v) is 1.25. The normalized spacial score (nSPS) is 12.6. The highest BCUT2D eigenvalue weighted by molar-refractivity contribution is 5.49. The summed E-state index contributed by atoms with van der Waals surface area (Å²) < 4.78 is 50.4. The van der Waals surface area contributed by atoms with Gasteiger partial charge >= 0.3 is 6.18 Å². The quantitative estimate of drug-likeness (QED) is 0.731. The fraction of sp³-hybridized carbons (Fsp3) is 0.455. The number of hydrogen-bond acceptors (Lipinski definition) is 3. The Kier molecular flexibility index (Phi) is 4.18. The van der Waals surface area contributed by atoms with Crippen molar-refractivity contribution < 1.29 is 27.8 Å². The van der Waals surface area contributed by atoms with E-state index in [4.69, 9.17) is 10.2 Å². The molecule has 0 saturated carbocycles. The van der Waals surface area contributed by atoms with E-state index in [1.165, 1.54) is 6.92 Å². The average molecular weight is 267 g/mol. The number of nitrogens with one attached hydrogen (secondary N) is 1. The predicted octanol–water partition coefficient (Wildman–Crippen LogP) is 2.00. The lowest BCUT2D eigenvalue weighted by atomic mass is 10.0. The Morgan fingerprint density at radius 3 is 2.11 bits per heavy atom. The highest BCUT2D eigenvalue weighted by Gasteiger charge is 2.32. The molecule has 0 spiro atoms. The molecule has 0 atom stereocenters. The summed E-state index contributed by atoms with van der Waals surface area (Å²) in [5.74, 6) is -1.10. The van der Waals surface area contributed by atoms with Gasteiger partial charge in [-0.15, -0.1) is 0 Å². The van der Waals surface area contributed by atoms with E-state index >= 15 is 0 Å². The Labute approximate surface area is 101 Å². The van der Waals surface area contributed by atoms with Gasteiger partial charge in [0.25, 0.3) is 0 Å². The number of aliphatic hydroxyl groups is 2. The van der Waals surface area contributed by atoms with Crippen molar-refractivity contribution in [2.24, 2.45) is 0 Å². The minimum atomic E-state index is -4.61. The van der Waals surface area contributed by atoms with Gasteiger partial charge in [-0.3, -0.25) is 0 Å². The molecule has 0 aliphatic carbocycles. The summed E-state index contributed by atoms with van der Waals surface area (Å²) >= 11 is 0. The summed E-state index contributed by atoms with van der Waals surface area (Å²) in [4.78, 5) is 0. The number of halogens is 4. The zero-order valence-corrected chi connectivity index (χ0v) is 9.55. The molecule has 3 nitrogen and oxygen atoms in total. The van der Waals surface area contributed by atoms with Crippen LogP contribution in [0.2, 0.25) is 0 Å². The van der Waals surface area contributed by atoms with Crippen molar-refractivity contribution in [3.63, 3.8) is 0 Å². The Balaban J connectivity index is 3.00. The fourth-order valence-electron chi connectivity index (χ4n) is 1.25. The van der Waals surface area contributed by atoms with Gasteiger partial charge in [-0.2, -0.15) is 13.2 Å². The molecule has 1 aromatic carbocycles. The van der Waals surface area contributed by atoms with Gasteiger partial charge in [-0.25, -0.2) is 4.39 Å². The van der Waals surface area contributed by atoms with E-state index in [0.29, 0.717) is 6.07 Å². The Morgan fingerprint density at radius 1 is 1.17 bits per heavy atom. The first-order valence-corrected chi connectivity index (χ1v) is 5.08. The van der Waals surface area contributed by atoms with E-state index in [2.05, 4.69) is 5.32 Å². The third-order valence-electron chi connectivity index (χ3n) is 2.43. The molecule has 0 heterocycles. The van der Waals surface area contributed by atoms with Gasteiger partial charge in [0.1, 0.15) is 5.82 Å². The number of aliphatic hydroxyl groups excluding tert-OH is 2. The molecule has 0 aliphatic rings. The minimum Gasteiger partial charge on any atom is -0.394 e. The lowest BCUT2D eigenvalue weighted by Crippen LogP contribution is -2.42. The molecule has 7 heteroatoms. The van der Waals surface area contributed by atoms with Gasteiger partial charge in [0.15, 0.2) is 0 Å². The maximum atomic E-state index is 13.5. The standard InChI is InChI=1S/C11H13F4NO2/c1-10(5-17,6-18)16-9-3-2-7(4-8(9)12)11(13,14)15/h2-4,16-18H,5-6H2,1H3. The lowest BCUT2D eigenvalue weighted by Gasteiger charge is -2.27. The van der Waals surface area contributed by atoms with Crippen LogP contribution in [-0.2, 0) is 6.18 Å². The molecule has 0 aromatic heterocycles. The molecule has 1 rings (SSSR count). The number of anilines is 1. The summed E-state index contributed by atoms with van der Waals surface area (Å²) in [5, 5.41) is 20.5. The second kappa shape index (κ2) is 5.11. The minimum absolute atomic E-state index is 0.214. The van der Waals surface area contributed by atoms with Crippen LogP contribution in [-0.4, -0.2) is 29.0 Å². The van der Waals surface area contributed by atoms with Gasteiger partial charge in [-0.05, 0) is 25.1 Å². The van der Waals surface area contributed by atoms with Crippen LogP contribution in [0.5, 0.6) is 0 Å². The van der Waals surface area contributed by atoms with Crippen molar-refractivity contribution in [1.29, 1.82) is 0 Å². The van der Waals surface area contributed by atoms with Crippen molar-refractivity contribution in [3.05, 3.63) is 29.6 Å². The first-order chi connectivity index (χ1) is 8.22. The maximum absolute atomic E-state index is 13.5. The molecule has 0 fully saturated rings. The molecular weight excluding hydrogens is 254 g/mol. The van der Waals surface area contributed by atoms with Gasteiger partial charge < -0.3 is 15.5 Å². The Morgan fingerprint density at radius 2 is 1.72 bits per heavy atom. The highest BCUT2D eigenvalue weighted by Crippen LogP contribution is 2.31. The van der Waals surface area contributed by atoms with E-state index < -0.39 is 36.3 Å². The van der Waals surface area contributed by atoms with Crippen molar-refractivity contribution in [1.82, 2.24) is 0 Å². The smallest absolute Gasteiger partial charge is 0.394 e. The summed E-state index contributed by atoms with van der Waals surface area (Å²) in [6.07, 6.45) is -4.61. The van der Waals surface area contributed by atoms with Gasteiger partial charge in [0.05, 0.1) is 30.0 Å². The number of hydrogen-bond donors (Lipinski definition) is 3. The summed E-state index contributed by atoms with van der Waals surface area (Å²) in [6.45, 7) is 0.415. The van der Waals surface area contributed by atoms with Crippen molar-refractivity contribution in [2.75, 3.05) is 18.5 Å². The topological polar surface area (TPSA) is 52.5 Å². The van der Waals surface area contributed by atoms with Crippen molar-refractivity contribution in [3.8, 4) is 0 Å². The van der Waals surface area contributed by atoms with E-state index in [1.54, 1.807) is 0 Å². The Bertz CT molecular complexity index is 416. The first kappa shape index (κ1) is 14.7. The molecule has 18 heavy (non-hydrogen) atoms. The molecule has 102 valence electrons. The van der Waals surface area contributed by atoms with Crippen LogP contribution in [0.3, 0.4) is 0 Å². The molecule has 0 saturated heterocycles.